The van der Waals surface area contributed by atoms with Crippen molar-refractivity contribution in [1.82, 2.24) is 10.3 Å². The molecule has 1 aromatic heterocycles. The Hall–Kier alpha value is -2.08. The molecule has 26 heavy (non-hydrogen) atoms. The SMILES string of the molecule is Cc1cccc(NC(=O)NCCCOc2ccc(C(C)(C)C)cc2Br)n1. The van der Waals surface area contributed by atoms with Crippen LogP contribution in [0, 0.1) is 6.92 Å². The zero-order chi connectivity index (χ0) is 19.2. The van der Waals surface area contributed by atoms with Crippen LogP contribution in [0.1, 0.15) is 38.4 Å². The van der Waals surface area contributed by atoms with Gasteiger partial charge < -0.3 is 10.1 Å². The molecule has 5 nitrogen and oxygen atoms in total. The molecule has 0 aliphatic rings. The molecular weight excluding hydrogens is 394 g/mol. The third-order valence-electron chi connectivity index (χ3n) is 3.79. The van der Waals surface area contributed by atoms with Crippen molar-refractivity contribution in [3.8, 4) is 5.75 Å². The number of carbonyl (C=O) groups excluding carboxylic acids is 1. The van der Waals surface area contributed by atoms with Gasteiger partial charge in [-0.15, -0.1) is 0 Å². The third-order valence-corrected chi connectivity index (χ3v) is 4.41. The number of rotatable bonds is 6. The number of carbonyl (C=O) groups is 1. The Morgan fingerprint density at radius 1 is 1.23 bits per heavy atom. The monoisotopic (exact) mass is 419 g/mol. The van der Waals surface area contributed by atoms with Crippen molar-refractivity contribution < 1.29 is 9.53 Å². The van der Waals surface area contributed by atoms with Gasteiger partial charge in [0, 0.05) is 12.2 Å². The lowest BCUT2D eigenvalue weighted by molar-refractivity contribution is 0.250. The summed E-state index contributed by atoms with van der Waals surface area (Å²) in [5.74, 6) is 1.35. The van der Waals surface area contributed by atoms with Gasteiger partial charge in [0.15, 0.2) is 0 Å². The Morgan fingerprint density at radius 2 is 2.00 bits per heavy atom. The number of amides is 2. The van der Waals surface area contributed by atoms with Gasteiger partial charge in [0.25, 0.3) is 0 Å². The third kappa shape index (κ3) is 6.33. The molecule has 0 spiro atoms. The summed E-state index contributed by atoms with van der Waals surface area (Å²) >= 11 is 3.56. The van der Waals surface area contributed by atoms with E-state index >= 15 is 0 Å². The second-order valence-corrected chi connectivity index (χ2v) is 8.00. The Morgan fingerprint density at radius 3 is 2.65 bits per heavy atom. The molecule has 2 amide bonds. The van der Waals surface area contributed by atoms with Crippen LogP contribution < -0.4 is 15.4 Å². The van der Waals surface area contributed by atoms with Gasteiger partial charge in [-0.2, -0.15) is 0 Å². The van der Waals surface area contributed by atoms with Crippen LogP contribution in [-0.2, 0) is 5.41 Å². The lowest BCUT2D eigenvalue weighted by Gasteiger charge is -2.20. The van der Waals surface area contributed by atoms with Crippen LogP contribution in [0.15, 0.2) is 40.9 Å². The number of aryl methyl sites for hydroxylation is 1. The van der Waals surface area contributed by atoms with E-state index in [-0.39, 0.29) is 11.4 Å². The van der Waals surface area contributed by atoms with Gasteiger partial charge in [-0.05, 0) is 64.5 Å². The first-order chi connectivity index (χ1) is 12.3. The van der Waals surface area contributed by atoms with Crippen molar-refractivity contribution >= 4 is 27.8 Å². The quantitative estimate of drug-likeness (QED) is 0.644. The van der Waals surface area contributed by atoms with Crippen LogP contribution >= 0.6 is 15.9 Å². The summed E-state index contributed by atoms with van der Waals surface area (Å²) < 4.78 is 6.73. The minimum atomic E-state index is -0.265. The molecule has 0 fully saturated rings. The van der Waals surface area contributed by atoms with Crippen LogP contribution in [0.3, 0.4) is 0 Å². The number of anilines is 1. The maximum Gasteiger partial charge on any atom is 0.320 e. The minimum absolute atomic E-state index is 0.102. The van der Waals surface area contributed by atoms with Crippen molar-refractivity contribution in [2.75, 3.05) is 18.5 Å². The highest BCUT2D eigenvalue weighted by Gasteiger charge is 2.15. The van der Waals surface area contributed by atoms with Gasteiger partial charge in [0.05, 0.1) is 11.1 Å². The number of urea groups is 1. The van der Waals surface area contributed by atoms with E-state index in [1.54, 1.807) is 6.07 Å². The molecule has 0 radical (unpaired) electrons. The standard InChI is InChI=1S/C20H26BrN3O2/c1-14-7-5-8-18(23-14)24-19(25)22-11-6-12-26-17-10-9-15(13-16(17)21)20(2,3)4/h5,7-10,13H,6,11-12H2,1-4H3,(H2,22,23,24,25). The molecule has 1 aromatic carbocycles. The smallest absolute Gasteiger partial charge is 0.320 e. The second kappa shape index (κ2) is 9.03. The molecule has 0 atom stereocenters. The van der Waals surface area contributed by atoms with Crippen molar-refractivity contribution in [1.29, 1.82) is 0 Å². The maximum absolute atomic E-state index is 11.8. The average Bonchev–Trinajstić information content (AvgIpc) is 2.55. The van der Waals surface area contributed by atoms with Crippen LogP contribution in [0.4, 0.5) is 10.6 Å². The summed E-state index contributed by atoms with van der Waals surface area (Å²) in [5, 5.41) is 5.51. The molecule has 0 unspecified atom stereocenters. The molecule has 2 N–H and O–H groups in total. The molecule has 1 heterocycles. The Bertz CT molecular complexity index is 757. The van der Waals surface area contributed by atoms with Gasteiger partial charge in [-0.25, -0.2) is 9.78 Å². The number of nitrogens with zero attached hydrogens (tertiary/aromatic N) is 1. The zero-order valence-corrected chi connectivity index (χ0v) is 17.3. The summed E-state index contributed by atoms with van der Waals surface area (Å²) in [6.45, 7) is 9.47. The summed E-state index contributed by atoms with van der Waals surface area (Å²) in [6.07, 6.45) is 0.710. The highest BCUT2D eigenvalue weighted by molar-refractivity contribution is 9.10. The van der Waals surface area contributed by atoms with Crippen molar-refractivity contribution in [2.24, 2.45) is 0 Å². The van der Waals surface area contributed by atoms with E-state index in [0.717, 1.165) is 15.9 Å². The Kier molecular flexibility index (Phi) is 7.03. The number of halogens is 1. The van der Waals surface area contributed by atoms with E-state index in [0.29, 0.717) is 25.4 Å². The van der Waals surface area contributed by atoms with Gasteiger partial charge in [-0.3, -0.25) is 5.32 Å². The fourth-order valence-corrected chi connectivity index (χ4v) is 2.81. The number of benzene rings is 1. The fourth-order valence-electron chi connectivity index (χ4n) is 2.31. The lowest BCUT2D eigenvalue weighted by atomic mass is 9.87. The molecular formula is C20H26BrN3O2. The highest BCUT2D eigenvalue weighted by atomic mass is 79.9. The first-order valence-electron chi connectivity index (χ1n) is 8.67. The second-order valence-electron chi connectivity index (χ2n) is 7.14. The van der Waals surface area contributed by atoms with Crippen molar-refractivity contribution in [3.05, 3.63) is 52.1 Å². The summed E-state index contributed by atoms with van der Waals surface area (Å²) in [5.41, 5.74) is 2.21. The number of nitrogens with one attached hydrogen (secondary N) is 2. The first-order valence-corrected chi connectivity index (χ1v) is 9.46. The molecule has 0 saturated carbocycles. The Labute approximate surface area is 163 Å². The molecule has 2 aromatic rings. The lowest BCUT2D eigenvalue weighted by Crippen LogP contribution is -2.30. The van der Waals surface area contributed by atoms with E-state index in [4.69, 9.17) is 4.74 Å². The van der Waals surface area contributed by atoms with E-state index in [1.807, 2.05) is 25.1 Å². The summed E-state index contributed by atoms with van der Waals surface area (Å²) in [4.78, 5) is 16.1. The van der Waals surface area contributed by atoms with Crippen molar-refractivity contribution in [3.63, 3.8) is 0 Å². The van der Waals surface area contributed by atoms with Crippen LogP contribution in [-0.4, -0.2) is 24.2 Å². The normalized spacial score (nSPS) is 11.1. The fraction of sp³-hybridized carbons (Fsp3) is 0.400. The van der Waals surface area contributed by atoms with E-state index in [9.17, 15) is 4.79 Å². The number of hydrogen-bond acceptors (Lipinski definition) is 3. The van der Waals surface area contributed by atoms with Gasteiger partial charge in [-0.1, -0.05) is 32.9 Å². The molecule has 0 aliphatic carbocycles. The van der Waals surface area contributed by atoms with Gasteiger partial charge in [0.2, 0.25) is 0 Å². The van der Waals surface area contributed by atoms with Gasteiger partial charge >= 0.3 is 6.03 Å². The van der Waals surface area contributed by atoms with E-state index in [1.165, 1.54) is 5.56 Å². The van der Waals surface area contributed by atoms with Gasteiger partial charge in [0.1, 0.15) is 11.6 Å². The zero-order valence-electron chi connectivity index (χ0n) is 15.7. The molecule has 0 aliphatic heterocycles. The predicted octanol–water partition coefficient (Wildman–Crippen LogP) is 5.04. The van der Waals surface area contributed by atoms with Crippen LogP contribution in [0.2, 0.25) is 0 Å². The molecule has 6 heteroatoms. The molecule has 0 bridgehead atoms. The minimum Gasteiger partial charge on any atom is -0.492 e. The van der Waals surface area contributed by atoms with Crippen LogP contribution in [0.5, 0.6) is 5.75 Å². The Balaban J connectivity index is 1.71. The van der Waals surface area contributed by atoms with E-state index < -0.39 is 0 Å². The molecule has 2 rings (SSSR count). The van der Waals surface area contributed by atoms with Crippen molar-refractivity contribution in [2.45, 2.75) is 39.5 Å². The summed E-state index contributed by atoms with van der Waals surface area (Å²) in [7, 11) is 0. The highest BCUT2D eigenvalue weighted by Crippen LogP contribution is 2.31. The topological polar surface area (TPSA) is 63.2 Å². The number of hydrogen-bond donors (Lipinski definition) is 2. The average molecular weight is 420 g/mol. The first kappa shape index (κ1) is 20.2. The number of aromatic nitrogens is 1. The predicted molar refractivity (Wildman–Crippen MR) is 109 cm³/mol. The summed E-state index contributed by atoms with van der Waals surface area (Å²) in [6, 6.07) is 11.4. The molecule has 0 saturated heterocycles. The molecule has 140 valence electrons. The maximum atomic E-state index is 11.8. The van der Waals surface area contributed by atoms with Crippen LogP contribution in [0.25, 0.3) is 0 Å². The largest absolute Gasteiger partial charge is 0.492 e. The number of pyridine rings is 1. The number of ether oxygens (including phenoxy) is 1. The van der Waals surface area contributed by atoms with E-state index in [2.05, 4.69) is 64.5 Å².